The van der Waals surface area contributed by atoms with E-state index in [2.05, 4.69) is 0 Å². The highest BCUT2D eigenvalue weighted by Crippen LogP contribution is 2.13. The molecule has 0 aromatic heterocycles. The van der Waals surface area contributed by atoms with Crippen LogP contribution in [0.4, 0.5) is 0 Å². The van der Waals surface area contributed by atoms with E-state index in [0.29, 0.717) is 31.7 Å². The van der Waals surface area contributed by atoms with Gasteiger partial charge in [0.05, 0.1) is 0 Å². The Bertz CT molecular complexity index is 763. The van der Waals surface area contributed by atoms with E-state index in [-0.39, 0.29) is 30.1 Å². The lowest BCUT2D eigenvalue weighted by Crippen LogP contribution is -2.32. The topological polar surface area (TPSA) is 66.6 Å². The van der Waals surface area contributed by atoms with E-state index in [9.17, 15) is 9.59 Å². The highest BCUT2D eigenvalue weighted by atomic mass is 35.5. The van der Waals surface area contributed by atoms with Crippen molar-refractivity contribution in [3.8, 4) is 0 Å². The van der Waals surface area contributed by atoms with Gasteiger partial charge in [0.25, 0.3) is 5.91 Å². The molecule has 0 aliphatic rings. The third kappa shape index (κ3) is 7.52. The molecule has 0 fully saturated rings. The Morgan fingerprint density at radius 2 is 1.52 bits per heavy atom. The molecule has 0 heterocycles. The van der Waals surface area contributed by atoms with Crippen molar-refractivity contribution >= 4 is 24.2 Å². The van der Waals surface area contributed by atoms with Crippen LogP contribution in [0.15, 0.2) is 54.6 Å². The van der Waals surface area contributed by atoms with Crippen molar-refractivity contribution < 1.29 is 9.59 Å². The number of hydrogen-bond acceptors (Lipinski definition) is 3. The Morgan fingerprint density at radius 1 is 0.931 bits per heavy atom. The standard InChI is InChI=1S/C23H31N3O2.ClH/c1-18(2)22(27)25(3)16-20-10-12-21(13-11-20)23(28)26(15-7-14-24)17-19-8-5-4-6-9-19;/h4-6,8-13,18H,7,14-17,24H2,1-3H3;1H. The summed E-state index contributed by atoms with van der Waals surface area (Å²) in [4.78, 5) is 28.6. The number of carbonyl (C=O) groups excluding carboxylic acids is 2. The molecule has 29 heavy (non-hydrogen) atoms. The first-order chi connectivity index (χ1) is 13.4. The average Bonchev–Trinajstić information content (AvgIpc) is 2.71. The molecular formula is C23H32ClN3O2. The van der Waals surface area contributed by atoms with E-state index in [1.165, 1.54) is 0 Å². The van der Waals surface area contributed by atoms with Gasteiger partial charge in [-0.3, -0.25) is 9.59 Å². The quantitative estimate of drug-likeness (QED) is 0.676. The van der Waals surface area contributed by atoms with Crippen LogP contribution in [0, 0.1) is 5.92 Å². The van der Waals surface area contributed by atoms with Gasteiger partial charge in [-0.15, -0.1) is 12.4 Å². The molecule has 0 spiro atoms. The van der Waals surface area contributed by atoms with Crippen LogP contribution in [0.2, 0.25) is 0 Å². The summed E-state index contributed by atoms with van der Waals surface area (Å²) in [5.41, 5.74) is 8.40. The Morgan fingerprint density at radius 3 is 2.07 bits per heavy atom. The molecule has 0 atom stereocenters. The summed E-state index contributed by atoms with van der Waals surface area (Å²) >= 11 is 0. The van der Waals surface area contributed by atoms with Crippen molar-refractivity contribution in [2.24, 2.45) is 11.7 Å². The zero-order valence-electron chi connectivity index (χ0n) is 17.5. The van der Waals surface area contributed by atoms with Crippen LogP contribution in [0.5, 0.6) is 0 Å². The molecule has 2 aromatic rings. The lowest BCUT2D eigenvalue weighted by Gasteiger charge is -2.23. The molecule has 0 saturated heterocycles. The van der Waals surface area contributed by atoms with Crippen LogP contribution in [-0.4, -0.2) is 41.8 Å². The second-order valence-electron chi connectivity index (χ2n) is 7.40. The Hall–Kier alpha value is -2.37. The highest BCUT2D eigenvalue weighted by Gasteiger charge is 2.17. The Balaban J connectivity index is 0.00000420. The van der Waals surface area contributed by atoms with Gasteiger partial charge in [0.1, 0.15) is 0 Å². The van der Waals surface area contributed by atoms with Gasteiger partial charge in [-0.05, 0) is 36.2 Å². The molecule has 2 aromatic carbocycles. The van der Waals surface area contributed by atoms with E-state index in [4.69, 9.17) is 5.73 Å². The highest BCUT2D eigenvalue weighted by molar-refractivity contribution is 5.94. The van der Waals surface area contributed by atoms with Gasteiger partial charge < -0.3 is 15.5 Å². The van der Waals surface area contributed by atoms with Crippen molar-refractivity contribution in [2.75, 3.05) is 20.1 Å². The Labute approximate surface area is 180 Å². The molecule has 2 N–H and O–H groups in total. The zero-order chi connectivity index (χ0) is 20.5. The predicted octanol–water partition coefficient (Wildman–Crippen LogP) is 3.71. The Kier molecular flexibility index (Phi) is 10.4. The van der Waals surface area contributed by atoms with Gasteiger partial charge >= 0.3 is 0 Å². The van der Waals surface area contributed by atoms with Crippen molar-refractivity contribution in [3.63, 3.8) is 0 Å². The molecule has 0 aliphatic heterocycles. The molecule has 0 radical (unpaired) electrons. The second-order valence-corrected chi connectivity index (χ2v) is 7.40. The summed E-state index contributed by atoms with van der Waals surface area (Å²) in [5, 5.41) is 0. The van der Waals surface area contributed by atoms with Crippen LogP contribution < -0.4 is 5.73 Å². The molecule has 0 bridgehead atoms. The maximum absolute atomic E-state index is 13.0. The van der Waals surface area contributed by atoms with Crippen LogP contribution in [0.25, 0.3) is 0 Å². The van der Waals surface area contributed by atoms with Crippen molar-refractivity contribution in [2.45, 2.75) is 33.4 Å². The zero-order valence-corrected chi connectivity index (χ0v) is 18.3. The van der Waals surface area contributed by atoms with Crippen LogP contribution in [-0.2, 0) is 17.9 Å². The minimum absolute atomic E-state index is 0. The second kappa shape index (κ2) is 12.2. The van der Waals surface area contributed by atoms with E-state index >= 15 is 0 Å². The van der Waals surface area contributed by atoms with E-state index < -0.39 is 0 Å². The summed E-state index contributed by atoms with van der Waals surface area (Å²) < 4.78 is 0. The number of nitrogens with zero attached hydrogens (tertiary/aromatic N) is 2. The number of halogens is 1. The van der Waals surface area contributed by atoms with Gasteiger partial charge in [0, 0.05) is 38.2 Å². The molecule has 158 valence electrons. The minimum atomic E-state index is -0.0278. The van der Waals surface area contributed by atoms with Crippen molar-refractivity contribution in [1.82, 2.24) is 9.80 Å². The molecule has 2 rings (SSSR count). The molecular weight excluding hydrogens is 386 g/mol. The third-order valence-electron chi connectivity index (χ3n) is 4.63. The molecule has 2 amide bonds. The fourth-order valence-electron chi connectivity index (χ4n) is 3.07. The molecule has 6 heteroatoms. The number of nitrogens with two attached hydrogens (primary N) is 1. The normalized spacial score (nSPS) is 10.4. The summed E-state index contributed by atoms with van der Waals surface area (Å²) in [6.45, 7) is 6.05. The first kappa shape index (κ1) is 24.7. The van der Waals surface area contributed by atoms with Crippen molar-refractivity contribution in [3.05, 3.63) is 71.3 Å². The van der Waals surface area contributed by atoms with Crippen LogP contribution >= 0.6 is 12.4 Å². The predicted molar refractivity (Wildman–Crippen MR) is 120 cm³/mol. The van der Waals surface area contributed by atoms with Gasteiger partial charge in [-0.2, -0.15) is 0 Å². The number of carbonyl (C=O) groups is 2. The fraction of sp³-hybridized carbons (Fsp3) is 0.391. The largest absolute Gasteiger partial charge is 0.341 e. The van der Waals surface area contributed by atoms with Gasteiger partial charge in [0.2, 0.25) is 5.91 Å². The maximum atomic E-state index is 13.0. The van der Waals surface area contributed by atoms with E-state index in [1.807, 2.05) is 73.3 Å². The first-order valence-corrected chi connectivity index (χ1v) is 9.79. The molecule has 5 nitrogen and oxygen atoms in total. The van der Waals surface area contributed by atoms with Crippen LogP contribution in [0.1, 0.15) is 41.8 Å². The first-order valence-electron chi connectivity index (χ1n) is 9.79. The lowest BCUT2D eigenvalue weighted by atomic mass is 10.1. The van der Waals surface area contributed by atoms with Gasteiger partial charge in [0.15, 0.2) is 0 Å². The van der Waals surface area contributed by atoms with E-state index in [1.54, 1.807) is 11.9 Å². The number of benzene rings is 2. The molecule has 0 aliphatic carbocycles. The van der Waals surface area contributed by atoms with E-state index in [0.717, 1.165) is 17.5 Å². The third-order valence-corrected chi connectivity index (χ3v) is 4.63. The van der Waals surface area contributed by atoms with Crippen molar-refractivity contribution in [1.29, 1.82) is 0 Å². The van der Waals surface area contributed by atoms with Gasteiger partial charge in [-0.1, -0.05) is 56.3 Å². The summed E-state index contributed by atoms with van der Waals surface area (Å²) in [7, 11) is 1.80. The number of amides is 2. The SMILES string of the molecule is CC(C)C(=O)N(C)Cc1ccc(C(=O)N(CCCN)Cc2ccccc2)cc1.Cl. The monoisotopic (exact) mass is 417 g/mol. The summed E-state index contributed by atoms with van der Waals surface area (Å²) in [6.07, 6.45) is 0.763. The van der Waals surface area contributed by atoms with Crippen LogP contribution in [0.3, 0.4) is 0 Å². The smallest absolute Gasteiger partial charge is 0.254 e. The molecule has 0 unspecified atom stereocenters. The summed E-state index contributed by atoms with van der Waals surface area (Å²) in [6, 6.07) is 17.5. The molecule has 0 saturated carbocycles. The number of rotatable bonds is 9. The fourth-order valence-corrected chi connectivity index (χ4v) is 3.07. The lowest BCUT2D eigenvalue weighted by molar-refractivity contribution is -0.133. The minimum Gasteiger partial charge on any atom is -0.341 e. The summed E-state index contributed by atoms with van der Waals surface area (Å²) in [5.74, 6) is 0.0754. The number of hydrogen-bond donors (Lipinski definition) is 1. The maximum Gasteiger partial charge on any atom is 0.254 e. The average molecular weight is 418 g/mol. The van der Waals surface area contributed by atoms with Gasteiger partial charge in [-0.25, -0.2) is 0 Å².